The van der Waals surface area contributed by atoms with Crippen LogP contribution in [0.25, 0.3) is 33.1 Å². The van der Waals surface area contributed by atoms with Crippen LogP contribution >= 0.6 is 35.2 Å². The zero-order valence-corrected chi connectivity index (χ0v) is 20.6. The highest BCUT2D eigenvalue weighted by Crippen LogP contribution is 2.36. The molecule has 0 saturated carbocycles. The van der Waals surface area contributed by atoms with Crippen LogP contribution in [-0.2, 0) is 9.06 Å². The lowest BCUT2D eigenvalue weighted by molar-refractivity contribution is 0.0950. The lowest BCUT2D eigenvalue weighted by Crippen LogP contribution is -2.23. The number of carbonyl (C=O) groups excluding carboxylic acids is 1. The molecule has 0 bridgehead atoms. The van der Waals surface area contributed by atoms with Gasteiger partial charge in [-0.15, -0.1) is 0 Å². The van der Waals surface area contributed by atoms with Crippen LogP contribution in [0, 0.1) is 0 Å². The van der Waals surface area contributed by atoms with Crippen molar-refractivity contribution in [3.63, 3.8) is 0 Å². The summed E-state index contributed by atoms with van der Waals surface area (Å²) in [7, 11) is 0. The molecule has 1 amide bonds. The van der Waals surface area contributed by atoms with Gasteiger partial charge in [-0.2, -0.15) is 0 Å². The van der Waals surface area contributed by atoms with Crippen LogP contribution in [0.4, 0.5) is 11.4 Å². The first-order chi connectivity index (χ1) is 16.5. The van der Waals surface area contributed by atoms with Crippen LogP contribution in [-0.4, -0.2) is 24.8 Å². The van der Waals surface area contributed by atoms with Crippen molar-refractivity contribution < 1.29 is 7.31 Å². The summed E-state index contributed by atoms with van der Waals surface area (Å²) in [5.74, 6) is -0.227. The number of benzene rings is 1. The van der Waals surface area contributed by atoms with E-state index in [1.165, 1.54) is 0 Å². The van der Waals surface area contributed by atoms with Crippen molar-refractivity contribution in [1.29, 1.82) is 0 Å². The third kappa shape index (κ3) is 4.24. The number of pyridine rings is 3. The highest BCUT2D eigenvalue weighted by molar-refractivity contribution is 14.1. The molecule has 0 spiro atoms. The molecule has 0 atom stereocenters. The van der Waals surface area contributed by atoms with Crippen molar-refractivity contribution in [2.75, 3.05) is 11.5 Å². The van der Waals surface area contributed by atoms with E-state index in [4.69, 9.17) is 14.0 Å². The van der Waals surface area contributed by atoms with E-state index in [9.17, 15) is 4.79 Å². The number of halogens is 1. The molecule has 4 heterocycles. The molecule has 0 unspecified atom stereocenters. The van der Waals surface area contributed by atoms with E-state index in [1.54, 1.807) is 28.8 Å². The number of aromatic nitrogens is 4. The lowest BCUT2D eigenvalue weighted by Gasteiger charge is -2.08. The maximum Gasteiger partial charge on any atom is 0.253 e. The zero-order chi connectivity index (χ0) is 23.7. The first-order valence-corrected chi connectivity index (χ1v) is 11.7. The van der Waals surface area contributed by atoms with Crippen molar-refractivity contribution in [1.82, 2.24) is 24.2 Å². The predicted octanol–water partition coefficient (Wildman–Crippen LogP) is 4.52. The van der Waals surface area contributed by atoms with Crippen LogP contribution < -0.4 is 16.8 Å². The van der Waals surface area contributed by atoms with E-state index in [0.29, 0.717) is 29.1 Å². The molecule has 170 valence electrons. The van der Waals surface area contributed by atoms with Gasteiger partial charge in [-0.25, -0.2) is 7.50 Å². The van der Waals surface area contributed by atoms with Crippen LogP contribution in [0.3, 0.4) is 0 Å². The number of anilines is 2. The number of carbonyl (C=O) groups is 1. The summed E-state index contributed by atoms with van der Waals surface area (Å²) in [5, 5.41) is 4.47. The minimum absolute atomic E-state index is 0.227. The van der Waals surface area contributed by atoms with Gasteiger partial charge in [-0.3, -0.25) is 18.7 Å². The number of nitrogens with zero attached hydrogens (tertiary/aromatic N) is 4. The fourth-order valence-electron chi connectivity index (χ4n) is 3.70. The molecule has 0 fully saturated rings. The number of rotatable bonds is 6. The molecular weight excluding hydrogens is 565 g/mol. The van der Waals surface area contributed by atoms with Crippen LogP contribution in [0.5, 0.6) is 0 Å². The normalized spacial score (nSPS) is 11.2. The molecule has 1 aromatic carbocycles. The maximum absolute atomic E-state index is 12.9. The Labute approximate surface area is 213 Å². The standard InChI is InChI=1S/C23H18IN7O2S/c24-33-34-31-12-18(14-3-4-20-17(6-14)21(26)19(25)11-28-20)16-7-15(10-29-22(16)31)23(32)30-9-13-2-1-5-27-8-13/h1-8,10-12H,9,25H2,(H2,26,28)(H,30,32). The molecule has 0 saturated heterocycles. The highest BCUT2D eigenvalue weighted by Gasteiger charge is 2.17. The van der Waals surface area contributed by atoms with E-state index >= 15 is 0 Å². The molecule has 5 aromatic rings. The van der Waals surface area contributed by atoms with Gasteiger partial charge in [0.2, 0.25) is 0 Å². The summed E-state index contributed by atoms with van der Waals surface area (Å²) in [5.41, 5.74) is 17.6. The molecule has 5 rings (SSSR count). The second kappa shape index (κ2) is 9.44. The van der Waals surface area contributed by atoms with Crippen molar-refractivity contribution in [2.45, 2.75) is 6.54 Å². The van der Waals surface area contributed by atoms with Gasteiger partial charge in [-0.05, 0) is 35.4 Å². The summed E-state index contributed by atoms with van der Waals surface area (Å²) >= 11 is 2.93. The first kappa shape index (κ1) is 22.4. The van der Waals surface area contributed by atoms with Crippen molar-refractivity contribution in [3.05, 3.63) is 78.5 Å². The molecule has 0 radical (unpaired) electrons. The molecule has 4 aromatic heterocycles. The van der Waals surface area contributed by atoms with Crippen molar-refractivity contribution in [2.24, 2.45) is 0 Å². The Morgan fingerprint density at radius 3 is 2.79 bits per heavy atom. The molecule has 34 heavy (non-hydrogen) atoms. The quantitative estimate of drug-likeness (QED) is 0.196. The van der Waals surface area contributed by atoms with E-state index < -0.39 is 0 Å². The van der Waals surface area contributed by atoms with Gasteiger partial charge in [0.05, 0.1) is 28.7 Å². The Kier molecular flexibility index (Phi) is 6.22. The Bertz CT molecular complexity index is 1520. The summed E-state index contributed by atoms with van der Waals surface area (Å²) < 4.78 is 7.04. The summed E-state index contributed by atoms with van der Waals surface area (Å²) in [4.78, 5) is 25.8. The average Bonchev–Trinajstić information content (AvgIpc) is 3.23. The van der Waals surface area contributed by atoms with Gasteiger partial charge in [0, 0.05) is 47.7 Å². The highest BCUT2D eigenvalue weighted by atomic mass is 127. The summed E-state index contributed by atoms with van der Waals surface area (Å²) in [6.45, 7) is 0.371. The largest absolute Gasteiger partial charge is 0.396 e. The van der Waals surface area contributed by atoms with Crippen molar-refractivity contribution >= 4 is 74.5 Å². The predicted molar refractivity (Wildman–Crippen MR) is 143 cm³/mol. The average molecular weight is 583 g/mol. The minimum atomic E-state index is -0.227. The Balaban J connectivity index is 1.57. The Hall–Kier alpha value is -3.42. The fourth-order valence-corrected chi connectivity index (χ4v) is 4.65. The van der Waals surface area contributed by atoms with E-state index in [1.807, 2.05) is 65.6 Å². The van der Waals surface area contributed by atoms with Gasteiger partial charge in [0.15, 0.2) is 5.65 Å². The molecule has 0 aliphatic carbocycles. The lowest BCUT2D eigenvalue weighted by atomic mass is 10.0. The number of fused-ring (bicyclic) bond motifs is 2. The number of nitrogens with two attached hydrogens (primary N) is 2. The molecule has 11 heteroatoms. The number of amides is 1. The first-order valence-electron chi connectivity index (χ1n) is 10.1. The third-order valence-electron chi connectivity index (χ3n) is 5.41. The SMILES string of the molecule is Nc1cnc2ccc(-c3cn(SOI)c4ncc(C(=O)NCc5cccnc5)cc34)cc2c1N. The fraction of sp³-hybridized carbons (Fsp3) is 0.0435. The number of nitrogens with one attached hydrogen (secondary N) is 1. The minimum Gasteiger partial charge on any atom is -0.396 e. The molecular formula is C23H18IN7O2S. The topological polar surface area (TPSA) is 134 Å². The van der Waals surface area contributed by atoms with Crippen LogP contribution in [0.15, 0.2) is 67.4 Å². The van der Waals surface area contributed by atoms with E-state index in [-0.39, 0.29) is 5.91 Å². The van der Waals surface area contributed by atoms with Gasteiger partial charge in [-0.1, -0.05) is 12.1 Å². The second-order valence-corrected chi connectivity index (χ2v) is 9.25. The smallest absolute Gasteiger partial charge is 0.253 e. The Morgan fingerprint density at radius 2 is 2.00 bits per heavy atom. The molecule has 0 aliphatic heterocycles. The summed E-state index contributed by atoms with van der Waals surface area (Å²) in [6.07, 6.45) is 8.43. The number of nitrogen functional groups attached to an aromatic ring is 2. The number of hydrogen-bond acceptors (Lipinski definition) is 8. The molecule has 9 nitrogen and oxygen atoms in total. The van der Waals surface area contributed by atoms with Gasteiger partial charge >= 0.3 is 0 Å². The third-order valence-corrected chi connectivity index (χ3v) is 6.39. The van der Waals surface area contributed by atoms with Crippen LogP contribution in [0.1, 0.15) is 15.9 Å². The van der Waals surface area contributed by atoms with E-state index in [0.717, 1.165) is 45.2 Å². The van der Waals surface area contributed by atoms with Crippen LogP contribution in [0.2, 0.25) is 0 Å². The monoisotopic (exact) mass is 583 g/mol. The van der Waals surface area contributed by atoms with Gasteiger partial charge in [0.1, 0.15) is 35.2 Å². The zero-order valence-electron chi connectivity index (χ0n) is 17.6. The maximum atomic E-state index is 12.9. The van der Waals surface area contributed by atoms with Crippen molar-refractivity contribution in [3.8, 4) is 11.1 Å². The molecule has 0 aliphatic rings. The second-order valence-electron chi connectivity index (χ2n) is 7.50. The van der Waals surface area contributed by atoms with Gasteiger partial charge < -0.3 is 16.8 Å². The molecule has 5 N–H and O–H groups in total. The number of hydrogen-bond donors (Lipinski definition) is 3. The Morgan fingerprint density at radius 1 is 1.12 bits per heavy atom. The van der Waals surface area contributed by atoms with E-state index in [2.05, 4.69) is 20.3 Å². The summed E-state index contributed by atoms with van der Waals surface area (Å²) in [6, 6.07) is 11.3. The van der Waals surface area contributed by atoms with Gasteiger partial charge in [0.25, 0.3) is 5.91 Å².